The van der Waals surface area contributed by atoms with Gasteiger partial charge in [0.25, 0.3) is 5.91 Å². The fourth-order valence-corrected chi connectivity index (χ4v) is 5.44. The van der Waals surface area contributed by atoms with Crippen molar-refractivity contribution in [3.8, 4) is 5.75 Å². The molecule has 1 aromatic carbocycles. The number of benzene rings is 1. The number of likely N-dealkylation sites (tertiary alicyclic amines) is 1. The predicted octanol–water partition coefficient (Wildman–Crippen LogP) is 4.02. The van der Waals surface area contributed by atoms with Crippen molar-refractivity contribution in [2.75, 3.05) is 26.7 Å². The number of imidazole rings is 1. The maximum absolute atomic E-state index is 13.3. The van der Waals surface area contributed by atoms with E-state index in [0.29, 0.717) is 51.3 Å². The van der Waals surface area contributed by atoms with Crippen LogP contribution in [0.25, 0.3) is 0 Å². The molecule has 2 aliphatic heterocycles. The Morgan fingerprint density at radius 2 is 1.97 bits per heavy atom. The molecule has 1 N–H and O–H groups in total. The van der Waals surface area contributed by atoms with Crippen LogP contribution in [-0.2, 0) is 22.7 Å². The number of amides is 2. The Morgan fingerprint density at radius 1 is 1.17 bits per heavy atom. The lowest BCUT2D eigenvalue weighted by molar-refractivity contribution is -0.126. The molecule has 36 heavy (non-hydrogen) atoms. The predicted molar refractivity (Wildman–Crippen MR) is 136 cm³/mol. The molecule has 1 aromatic heterocycles. The van der Waals surface area contributed by atoms with E-state index in [1.165, 1.54) is 31.3 Å². The fourth-order valence-electron chi connectivity index (χ4n) is 5.44. The first kappa shape index (κ1) is 24.6. The summed E-state index contributed by atoms with van der Waals surface area (Å²) in [7, 11) is 1.65. The molecule has 192 valence electrons. The molecule has 2 aromatic rings. The van der Waals surface area contributed by atoms with E-state index in [0.717, 1.165) is 23.4 Å². The van der Waals surface area contributed by atoms with E-state index >= 15 is 0 Å². The van der Waals surface area contributed by atoms with Gasteiger partial charge in [-0.15, -0.1) is 0 Å². The third-order valence-corrected chi connectivity index (χ3v) is 7.70. The maximum atomic E-state index is 13.3. The highest BCUT2D eigenvalue weighted by molar-refractivity contribution is 5.93. The monoisotopic (exact) mass is 492 g/mol. The van der Waals surface area contributed by atoms with Gasteiger partial charge >= 0.3 is 0 Å². The van der Waals surface area contributed by atoms with Crippen molar-refractivity contribution in [3.05, 3.63) is 59.2 Å². The SMILES string of the molecule is COc1ccc(C2Cn3cnc(C(=O)N4CCC(C(=O)NCCC5=CCCCC5)CC4)c3CO2)cc1. The summed E-state index contributed by atoms with van der Waals surface area (Å²) in [5.41, 5.74) is 3.83. The van der Waals surface area contributed by atoms with Crippen molar-refractivity contribution in [2.45, 2.75) is 64.2 Å². The van der Waals surface area contributed by atoms with E-state index in [1.807, 2.05) is 33.7 Å². The van der Waals surface area contributed by atoms with E-state index in [1.54, 1.807) is 13.4 Å². The van der Waals surface area contributed by atoms with Gasteiger partial charge < -0.3 is 24.3 Å². The zero-order valence-corrected chi connectivity index (χ0v) is 21.1. The Bertz CT molecular complexity index is 1100. The van der Waals surface area contributed by atoms with Crippen LogP contribution in [0.4, 0.5) is 0 Å². The van der Waals surface area contributed by atoms with E-state index in [-0.39, 0.29) is 23.8 Å². The van der Waals surface area contributed by atoms with Crippen LogP contribution in [0.5, 0.6) is 5.75 Å². The van der Waals surface area contributed by atoms with Crippen molar-refractivity contribution >= 4 is 11.8 Å². The number of methoxy groups -OCH3 is 1. The third-order valence-electron chi connectivity index (χ3n) is 7.70. The normalized spacial score (nSPS) is 20.4. The Balaban J connectivity index is 1.11. The van der Waals surface area contributed by atoms with Gasteiger partial charge in [-0.25, -0.2) is 4.98 Å². The van der Waals surface area contributed by atoms with Crippen molar-refractivity contribution in [3.63, 3.8) is 0 Å². The summed E-state index contributed by atoms with van der Waals surface area (Å²) in [6.07, 6.45) is 11.2. The number of hydrogen-bond acceptors (Lipinski definition) is 5. The summed E-state index contributed by atoms with van der Waals surface area (Å²) in [6.45, 7) is 2.81. The van der Waals surface area contributed by atoms with Crippen molar-refractivity contribution < 1.29 is 19.1 Å². The highest BCUT2D eigenvalue weighted by Gasteiger charge is 2.32. The molecule has 0 spiro atoms. The van der Waals surface area contributed by atoms with Gasteiger partial charge in [-0.2, -0.15) is 0 Å². The number of carbonyl (C=O) groups is 2. The number of hydrogen-bond donors (Lipinski definition) is 1. The van der Waals surface area contributed by atoms with Crippen LogP contribution < -0.4 is 10.1 Å². The molecule has 2 amide bonds. The molecule has 0 bridgehead atoms. The Morgan fingerprint density at radius 3 is 2.69 bits per heavy atom. The topological polar surface area (TPSA) is 85.7 Å². The van der Waals surface area contributed by atoms with Crippen LogP contribution in [0.1, 0.15) is 72.8 Å². The second kappa shape index (κ2) is 11.3. The zero-order chi connectivity index (χ0) is 24.9. The number of aromatic nitrogens is 2. The number of allylic oxidation sites excluding steroid dienone is 1. The first-order valence-corrected chi connectivity index (χ1v) is 13.2. The lowest BCUT2D eigenvalue weighted by Gasteiger charge is -2.31. The number of carbonyl (C=O) groups excluding carboxylic acids is 2. The number of rotatable bonds is 7. The van der Waals surface area contributed by atoms with Gasteiger partial charge in [0.1, 0.15) is 11.9 Å². The van der Waals surface area contributed by atoms with Crippen LogP contribution >= 0.6 is 0 Å². The summed E-state index contributed by atoms with van der Waals surface area (Å²) >= 11 is 0. The number of nitrogens with zero attached hydrogens (tertiary/aromatic N) is 3. The van der Waals surface area contributed by atoms with Crippen LogP contribution in [0.2, 0.25) is 0 Å². The summed E-state index contributed by atoms with van der Waals surface area (Å²) in [5, 5.41) is 3.11. The lowest BCUT2D eigenvalue weighted by Crippen LogP contribution is -2.43. The van der Waals surface area contributed by atoms with Gasteiger partial charge in [0, 0.05) is 25.6 Å². The average Bonchev–Trinajstić information content (AvgIpc) is 3.36. The summed E-state index contributed by atoms with van der Waals surface area (Å²) in [4.78, 5) is 32.2. The minimum Gasteiger partial charge on any atom is -0.497 e. The molecule has 0 saturated carbocycles. The molecule has 3 aliphatic rings. The van der Waals surface area contributed by atoms with Crippen molar-refractivity contribution in [1.82, 2.24) is 19.8 Å². The minimum absolute atomic E-state index is 0.0288. The highest BCUT2D eigenvalue weighted by Crippen LogP contribution is 2.30. The van der Waals surface area contributed by atoms with E-state index in [9.17, 15) is 9.59 Å². The molecule has 1 aliphatic carbocycles. The molecular formula is C28H36N4O4. The van der Waals surface area contributed by atoms with E-state index in [4.69, 9.17) is 9.47 Å². The zero-order valence-electron chi connectivity index (χ0n) is 21.1. The summed E-state index contributed by atoms with van der Waals surface area (Å²) in [5.74, 6) is 0.831. The van der Waals surface area contributed by atoms with Gasteiger partial charge in [0.15, 0.2) is 5.69 Å². The van der Waals surface area contributed by atoms with E-state index < -0.39 is 0 Å². The van der Waals surface area contributed by atoms with Crippen LogP contribution in [-0.4, -0.2) is 53.0 Å². The smallest absolute Gasteiger partial charge is 0.274 e. The number of ether oxygens (including phenoxy) is 2. The first-order valence-electron chi connectivity index (χ1n) is 13.2. The van der Waals surface area contributed by atoms with E-state index in [2.05, 4.69) is 16.4 Å². The van der Waals surface area contributed by atoms with Crippen LogP contribution in [0.15, 0.2) is 42.2 Å². The van der Waals surface area contributed by atoms with Crippen molar-refractivity contribution in [2.24, 2.45) is 5.92 Å². The van der Waals surface area contributed by atoms with Crippen LogP contribution in [0.3, 0.4) is 0 Å². The second-order valence-corrected chi connectivity index (χ2v) is 9.98. The standard InChI is InChI=1S/C28H36N4O4/c1-35-23-9-7-21(8-10-23)25-17-32-19-30-26(24(32)18-36-25)28(34)31-15-12-22(13-16-31)27(33)29-14-11-20-5-3-2-4-6-20/h5,7-10,19,22,25H,2-4,6,11-18H2,1H3,(H,29,33). The third kappa shape index (κ3) is 5.48. The second-order valence-electron chi connectivity index (χ2n) is 9.98. The summed E-state index contributed by atoms with van der Waals surface area (Å²) < 4.78 is 13.4. The summed E-state index contributed by atoms with van der Waals surface area (Å²) in [6, 6.07) is 7.86. The van der Waals surface area contributed by atoms with Gasteiger partial charge in [-0.3, -0.25) is 9.59 Å². The first-order chi connectivity index (χ1) is 17.6. The Labute approximate surface area is 212 Å². The molecule has 8 nitrogen and oxygen atoms in total. The van der Waals surface area contributed by atoms with Gasteiger partial charge in [0.2, 0.25) is 5.91 Å². The molecule has 8 heteroatoms. The Kier molecular flexibility index (Phi) is 7.70. The molecule has 1 saturated heterocycles. The highest BCUT2D eigenvalue weighted by atomic mass is 16.5. The quantitative estimate of drug-likeness (QED) is 0.590. The van der Waals surface area contributed by atoms with Crippen molar-refractivity contribution in [1.29, 1.82) is 0 Å². The number of piperidine rings is 1. The van der Waals surface area contributed by atoms with Crippen LogP contribution in [0, 0.1) is 5.92 Å². The molecule has 1 unspecified atom stereocenters. The molecule has 0 radical (unpaired) electrons. The number of fused-ring (bicyclic) bond motifs is 1. The average molecular weight is 493 g/mol. The van der Waals surface area contributed by atoms with Gasteiger partial charge in [-0.05, 0) is 62.6 Å². The maximum Gasteiger partial charge on any atom is 0.274 e. The van der Waals surface area contributed by atoms with Gasteiger partial charge in [0.05, 0.1) is 32.3 Å². The minimum atomic E-state index is -0.0933. The molecular weight excluding hydrogens is 456 g/mol. The largest absolute Gasteiger partial charge is 0.497 e. The molecule has 5 rings (SSSR count). The fraction of sp³-hybridized carbons (Fsp3) is 0.536. The molecule has 3 heterocycles. The number of nitrogens with one attached hydrogen (secondary N) is 1. The molecule has 1 fully saturated rings. The lowest BCUT2D eigenvalue weighted by atomic mass is 9.95. The Hall–Kier alpha value is -3.13. The molecule has 1 atom stereocenters. The van der Waals surface area contributed by atoms with Gasteiger partial charge in [-0.1, -0.05) is 23.8 Å².